The first-order valence-electron chi connectivity index (χ1n) is 4.04. The number of nitrogens with zero attached hydrogens (tertiary/aromatic N) is 1. The van der Waals surface area contributed by atoms with Gasteiger partial charge >= 0.3 is 0 Å². The van der Waals surface area contributed by atoms with E-state index in [2.05, 4.69) is 4.98 Å². The van der Waals surface area contributed by atoms with E-state index in [0.717, 1.165) is 12.1 Å². The molecule has 3 nitrogen and oxygen atoms in total. The van der Waals surface area contributed by atoms with Gasteiger partial charge in [-0.25, -0.2) is 8.78 Å². The fourth-order valence-electron chi connectivity index (χ4n) is 1.32. The van der Waals surface area contributed by atoms with Crippen LogP contribution in [0, 0.1) is 23.0 Å². The monoisotopic (exact) mass is 206 g/mol. The number of halogens is 2. The molecule has 15 heavy (non-hydrogen) atoms. The number of fused-ring (bicyclic) bond motifs is 1. The Labute approximate surface area is 82.6 Å². The van der Waals surface area contributed by atoms with Crippen molar-refractivity contribution in [3.63, 3.8) is 0 Å². The molecular formula is C10H4F2N2O. The number of pyridine rings is 1. The summed E-state index contributed by atoms with van der Waals surface area (Å²) < 4.78 is 26.0. The molecule has 1 N–H and O–H groups in total. The van der Waals surface area contributed by atoms with Gasteiger partial charge in [0.05, 0.1) is 5.52 Å². The molecule has 1 heterocycles. The average molecular weight is 206 g/mol. The molecule has 0 aliphatic rings. The Bertz CT molecular complexity index is 640. The van der Waals surface area contributed by atoms with Crippen molar-refractivity contribution in [2.45, 2.75) is 0 Å². The van der Waals surface area contributed by atoms with Gasteiger partial charge in [-0.1, -0.05) is 0 Å². The standard InChI is InChI=1S/C10H4F2N2O/c11-7-2-5-1-6(4-13)10(15)14-9(5)8(12)3-7/h1-3H,(H,14,15). The molecule has 1 aromatic carbocycles. The van der Waals surface area contributed by atoms with Gasteiger partial charge in [-0.15, -0.1) is 0 Å². The Morgan fingerprint density at radius 1 is 1.27 bits per heavy atom. The van der Waals surface area contributed by atoms with E-state index in [-0.39, 0.29) is 16.5 Å². The highest BCUT2D eigenvalue weighted by molar-refractivity contribution is 5.80. The highest BCUT2D eigenvalue weighted by atomic mass is 19.1. The summed E-state index contributed by atoms with van der Waals surface area (Å²) in [5.74, 6) is -1.61. The highest BCUT2D eigenvalue weighted by Gasteiger charge is 2.07. The van der Waals surface area contributed by atoms with Crippen LogP contribution in [0.3, 0.4) is 0 Å². The van der Waals surface area contributed by atoms with Crippen LogP contribution < -0.4 is 5.56 Å². The van der Waals surface area contributed by atoms with E-state index in [4.69, 9.17) is 5.26 Å². The second kappa shape index (κ2) is 3.17. The zero-order valence-corrected chi connectivity index (χ0v) is 7.34. The molecule has 0 aliphatic carbocycles. The van der Waals surface area contributed by atoms with Crippen LogP contribution in [0.2, 0.25) is 0 Å². The van der Waals surface area contributed by atoms with Gasteiger partial charge in [0.25, 0.3) is 5.56 Å². The maximum Gasteiger partial charge on any atom is 0.266 e. The second-order valence-electron chi connectivity index (χ2n) is 2.98. The zero-order valence-electron chi connectivity index (χ0n) is 7.34. The number of rotatable bonds is 0. The van der Waals surface area contributed by atoms with Crippen LogP contribution in [0.4, 0.5) is 8.78 Å². The van der Waals surface area contributed by atoms with Crippen molar-refractivity contribution in [1.29, 1.82) is 5.26 Å². The third kappa shape index (κ3) is 1.46. The molecule has 0 radical (unpaired) electrons. The lowest BCUT2D eigenvalue weighted by atomic mass is 10.1. The van der Waals surface area contributed by atoms with E-state index >= 15 is 0 Å². The maximum atomic E-state index is 13.2. The second-order valence-corrected chi connectivity index (χ2v) is 2.98. The molecule has 0 saturated carbocycles. The number of aromatic nitrogens is 1. The van der Waals surface area contributed by atoms with Gasteiger partial charge in [-0.2, -0.15) is 5.26 Å². The first kappa shape index (κ1) is 9.34. The molecule has 0 atom stereocenters. The van der Waals surface area contributed by atoms with Gasteiger partial charge in [0.1, 0.15) is 23.3 Å². The van der Waals surface area contributed by atoms with Crippen LogP contribution in [-0.4, -0.2) is 4.98 Å². The van der Waals surface area contributed by atoms with Crippen molar-refractivity contribution in [3.8, 4) is 6.07 Å². The summed E-state index contributed by atoms with van der Waals surface area (Å²) in [7, 11) is 0. The Morgan fingerprint density at radius 2 is 2.00 bits per heavy atom. The predicted octanol–water partition coefficient (Wildman–Crippen LogP) is 1.68. The fraction of sp³-hybridized carbons (Fsp3) is 0. The van der Waals surface area contributed by atoms with Crippen molar-refractivity contribution in [3.05, 3.63) is 45.8 Å². The van der Waals surface area contributed by atoms with Crippen molar-refractivity contribution >= 4 is 10.9 Å². The topological polar surface area (TPSA) is 56.6 Å². The molecule has 0 spiro atoms. The largest absolute Gasteiger partial charge is 0.318 e. The summed E-state index contributed by atoms with van der Waals surface area (Å²) in [5, 5.41) is 8.72. The molecule has 0 aliphatic heterocycles. The lowest BCUT2D eigenvalue weighted by molar-refractivity contribution is 0.590. The number of nitrogens with one attached hydrogen (secondary N) is 1. The van der Waals surface area contributed by atoms with Crippen molar-refractivity contribution < 1.29 is 8.78 Å². The molecule has 0 bridgehead atoms. The lowest BCUT2D eigenvalue weighted by Crippen LogP contribution is -2.10. The molecule has 0 amide bonds. The predicted molar refractivity (Wildman–Crippen MR) is 49.2 cm³/mol. The van der Waals surface area contributed by atoms with Gasteiger partial charge in [0.15, 0.2) is 0 Å². The van der Waals surface area contributed by atoms with Crippen LogP contribution in [0.25, 0.3) is 10.9 Å². The minimum absolute atomic E-state index is 0.0969. The number of hydrogen-bond donors (Lipinski definition) is 1. The summed E-state index contributed by atoms with van der Waals surface area (Å²) in [5.41, 5.74) is -0.955. The first-order chi connectivity index (χ1) is 7.11. The number of nitriles is 1. The van der Waals surface area contributed by atoms with Crippen molar-refractivity contribution in [2.75, 3.05) is 0 Å². The Hall–Kier alpha value is -2.22. The van der Waals surface area contributed by atoms with E-state index in [9.17, 15) is 13.6 Å². The summed E-state index contributed by atoms with van der Waals surface area (Å²) in [6.07, 6.45) is 0. The van der Waals surface area contributed by atoms with E-state index in [1.165, 1.54) is 0 Å². The minimum Gasteiger partial charge on any atom is -0.318 e. The molecule has 0 saturated heterocycles. The van der Waals surface area contributed by atoms with Crippen LogP contribution in [-0.2, 0) is 0 Å². The normalized spacial score (nSPS) is 10.2. The van der Waals surface area contributed by atoms with E-state index < -0.39 is 17.2 Å². The average Bonchev–Trinajstić information content (AvgIpc) is 2.18. The molecule has 0 fully saturated rings. The lowest BCUT2D eigenvalue weighted by Gasteiger charge is -1.99. The maximum absolute atomic E-state index is 13.2. The highest BCUT2D eigenvalue weighted by Crippen LogP contribution is 2.16. The van der Waals surface area contributed by atoms with Crippen LogP contribution in [0.1, 0.15) is 5.56 Å². The summed E-state index contributed by atoms with van der Waals surface area (Å²) in [6, 6.07) is 4.51. The van der Waals surface area contributed by atoms with Gasteiger partial charge in [0, 0.05) is 11.5 Å². The van der Waals surface area contributed by atoms with E-state index in [1.54, 1.807) is 6.07 Å². The van der Waals surface area contributed by atoms with Crippen LogP contribution >= 0.6 is 0 Å². The summed E-state index contributed by atoms with van der Waals surface area (Å²) in [6.45, 7) is 0. The quantitative estimate of drug-likeness (QED) is 0.712. The van der Waals surface area contributed by atoms with Crippen LogP contribution in [0.15, 0.2) is 23.0 Å². The summed E-state index contributed by atoms with van der Waals surface area (Å²) in [4.78, 5) is 13.3. The van der Waals surface area contributed by atoms with Gasteiger partial charge in [-0.3, -0.25) is 4.79 Å². The third-order valence-corrected chi connectivity index (χ3v) is 1.99. The Balaban J connectivity index is 2.95. The smallest absolute Gasteiger partial charge is 0.266 e. The fourth-order valence-corrected chi connectivity index (χ4v) is 1.32. The zero-order chi connectivity index (χ0) is 11.0. The van der Waals surface area contributed by atoms with Gasteiger partial charge in [0.2, 0.25) is 0 Å². The van der Waals surface area contributed by atoms with Gasteiger partial charge in [-0.05, 0) is 12.1 Å². The van der Waals surface area contributed by atoms with Crippen molar-refractivity contribution in [2.24, 2.45) is 0 Å². The number of H-pyrrole nitrogens is 1. The third-order valence-electron chi connectivity index (χ3n) is 1.99. The number of aromatic amines is 1. The molecule has 1 aromatic heterocycles. The van der Waals surface area contributed by atoms with E-state index in [0.29, 0.717) is 6.07 Å². The van der Waals surface area contributed by atoms with E-state index in [1.807, 2.05) is 0 Å². The molecule has 74 valence electrons. The molecule has 0 unspecified atom stereocenters. The minimum atomic E-state index is -0.855. The number of benzene rings is 1. The first-order valence-corrected chi connectivity index (χ1v) is 4.04. The molecular weight excluding hydrogens is 202 g/mol. The SMILES string of the molecule is N#Cc1cc2cc(F)cc(F)c2[nH]c1=O. The Morgan fingerprint density at radius 3 is 2.67 bits per heavy atom. The molecule has 2 aromatic rings. The van der Waals surface area contributed by atoms with Gasteiger partial charge < -0.3 is 4.98 Å². The molecule has 5 heteroatoms. The van der Waals surface area contributed by atoms with Crippen molar-refractivity contribution in [1.82, 2.24) is 4.98 Å². The number of hydrogen-bond acceptors (Lipinski definition) is 2. The Kier molecular flexibility index (Phi) is 1.97. The summed E-state index contributed by atoms with van der Waals surface area (Å²) >= 11 is 0. The van der Waals surface area contributed by atoms with Crippen LogP contribution in [0.5, 0.6) is 0 Å². The molecule has 2 rings (SSSR count).